The molecular weight excluding hydrogens is 307 g/mol. The molecule has 0 spiro atoms. The maximum atomic E-state index is 14.4. The number of carbonyl (C=O) groups is 3. The number of primary amides is 1. The first-order valence-electron chi connectivity index (χ1n) is 7.21. The van der Waals surface area contributed by atoms with E-state index in [1.165, 1.54) is 6.07 Å². The van der Waals surface area contributed by atoms with Gasteiger partial charge in [-0.1, -0.05) is 6.07 Å². The molecule has 2 heterocycles. The summed E-state index contributed by atoms with van der Waals surface area (Å²) >= 11 is 0. The largest absolute Gasteiger partial charge is 0.465 e. The summed E-state index contributed by atoms with van der Waals surface area (Å²) in [6.45, 7) is 0.280. The molecule has 8 heteroatoms. The molecule has 0 bridgehead atoms. The van der Waals surface area contributed by atoms with Gasteiger partial charge in [-0.05, 0) is 17.7 Å². The Balaban J connectivity index is 1.56. The van der Waals surface area contributed by atoms with Crippen molar-refractivity contribution in [2.45, 2.75) is 12.0 Å². The first kappa shape index (κ1) is 14.0. The second kappa shape index (κ2) is 4.68. The van der Waals surface area contributed by atoms with Crippen molar-refractivity contribution in [2.24, 2.45) is 17.6 Å². The van der Waals surface area contributed by atoms with Crippen molar-refractivity contribution >= 4 is 23.7 Å². The molecule has 1 aromatic rings. The average Bonchev–Trinajstić information content (AvgIpc) is 2.87. The van der Waals surface area contributed by atoms with Crippen LogP contribution < -0.4 is 10.6 Å². The summed E-state index contributed by atoms with van der Waals surface area (Å²) in [7, 11) is 0. The van der Waals surface area contributed by atoms with Gasteiger partial charge in [0.2, 0.25) is 0 Å². The van der Waals surface area contributed by atoms with Crippen LogP contribution in [0, 0.1) is 17.7 Å². The molecular formula is C15H13FN2O5. The molecule has 4 rings (SSSR count). The fourth-order valence-corrected chi connectivity index (χ4v) is 3.38. The van der Waals surface area contributed by atoms with Crippen LogP contribution in [0.3, 0.4) is 0 Å². The van der Waals surface area contributed by atoms with Crippen LogP contribution in [0.2, 0.25) is 0 Å². The van der Waals surface area contributed by atoms with Crippen LogP contribution in [0.4, 0.5) is 14.9 Å². The predicted molar refractivity (Wildman–Crippen MR) is 73.9 cm³/mol. The Labute approximate surface area is 130 Å². The van der Waals surface area contributed by atoms with Gasteiger partial charge in [0.15, 0.2) is 6.10 Å². The Kier molecular flexibility index (Phi) is 2.84. The molecule has 7 nitrogen and oxygen atoms in total. The van der Waals surface area contributed by atoms with Gasteiger partial charge in [-0.15, -0.1) is 0 Å². The number of nitrogens with zero attached hydrogens (tertiary/aromatic N) is 1. The number of ether oxygens (including phenoxy) is 2. The summed E-state index contributed by atoms with van der Waals surface area (Å²) in [6, 6.07) is 4.34. The molecule has 2 saturated heterocycles. The lowest BCUT2D eigenvalue weighted by Gasteiger charge is -2.14. The first-order chi connectivity index (χ1) is 11.0. The minimum absolute atomic E-state index is 0.0406. The van der Waals surface area contributed by atoms with Gasteiger partial charge in [0.05, 0.1) is 24.8 Å². The van der Waals surface area contributed by atoms with Crippen LogP contribution in [-0.2, 0) is 19.1 Å². The van der Waals surface area contributed by atoms with E-state index in [1.807, 2.05) is 0 Å². The van der Waals surface area contributed by atoms with Crippen LogP contribution in [-0.4, -0.2) is 37.2 Å². The highest BCUT2D eigenvalue weighted by Gasteiger charge is 2.61. The third-order valence-electron chi connectivity index (χ3n) is 4.64. The van der Waals surface area contributed by atoms with Crippen molar-refractivity contribution in [3.05, 3.63) is 29.6 Å². The molecule has 0 aromatic heterocycles. The lowest BCUT2D eigenvalue weighted by molar-refractivity contribution is -0.141. The zero-order valence-corrected chi connectivity index (χ0v) is 11.9. The van der Waals surface area contributed by atoms with E-state index in [2.05, 4.69) is 0 Å². The SMILES string of the molecule is NC(=O)C1CN(c2ccc(C3C4COC(=O)C43)c(F)c2)C(=O)O1. The number of esters is 1. The van der Waals surface area contributed by atoms with Crippen LogP contribution >= 0.6 is 0 Å². The second-order valence-electron chi connectivity index (χ2n) is 5.94. The van der Waals surface area contributed by atoms with Gasteiger partial charge >= 0.3 is 12.1 Å². The topological polar surface area (TPSA) is 98.9 Å². The minimum Gasteiger partial charge on any atom is -0.465 e. The monoisotopic (exact) mass is 320 g/mol. The van der Waals surface area contributed by atoms with E-state index >= 15 is 0 Å². The molecule has 2 N–H and O–H groups in total. The number of fused-ring (bicyclic) bond motifs is 1. The van der Waals surface area contributed by atoms with Gasteiger partial charge in [0, 0.05) is 11.8 Å². The van der Waals surface area contributed by atoms with Crippen LogP contribution in [0.5, 0.6) is 0 Å². The number of hydrogen-bond donors (Lipinski definition) is 1. The molecule has 3 aliphatic rings. The molecule has 2 amide bonds. The van der Waals surface area contributed by atoms with Crippen LogP contribution in [0.1, 0.15) is 11.5 Å². The van der Waals surface area contributed by atoms with E-state index in [4.69, 9.17) is 15.2 Å². The summed E-state index contributed by atoms with van der Waals surface area (Å²) in [6.07, 6.45) is -1.78. The lowest BCUT2D eigenvalue weighted by atomic mass is 10.1. The Bertz CT molecular complexity index is 737. The number of carbonyl (C=O) groups excluding carboxylic acids is 3. The molecule has 4 unspecified atom stereocenters. The van der Waals surface area contributed by atoms with E-state index in [-0.39, 0.29) is 36.0 Å². The quantitative estimate of drug-likeness (QED) is 0.819. The third-order valence-corrected chi connectivity index (χ3v) is 4.64. The number of cyclic esters (lactones) is 2. The van der Waals surface area contributed by atoms with Gasteiger partial charge in [-0.25, -0.2) is 9.18 Å². The number of halogens is 1. The molecule has 2 aliphatic heterocycles. The van der Waals surface area contributed by atoms with E-state index in [0.29, 0.717) is 12.2 Å². The Morgan fingerprint density at radius 2 is 2.09 bits per heavy atom. The van der Waals surface area contributed by atoms with Gasteiger partial charge in [-0.2, -0.15) is 0 Å². The molecule has 23 heavy (non-hydrogen) atoms. The third kappa shape index (κ3) is 2.05. The Morgan fingerprint density at radius 1 is 1.30 bits per heavy atom. The number of rotatable bonds is 3. The molecule has 120 valence electrons. The highest BCUT2D eigenvalue weighted by Crippen LogP contribution is 2.58. The normalized spacial score (nSPS) is 31.6. The Morgan fingerprint density at radius 3 is 2.65 bits per heavy atom. The van der Waals surface area contributed by atoms with Crippen LogP contribution in [0.25, 0.3) is 0 Å². The molecule has 1 aromatic carbocycles. The van der Waals surface area contributed by atoms with Gasteiger partial charge in [0.25, 0.3) is 5.91 Å². The molecule has 0 radical (unpaired) electrons. The lowest BCUT2D eigenvalue weighted by Crippen LogP contribution is -2.32. The predicted octanol–water partition coefficient (Wildman–Crippen LogP) is 0.523. The molecule has 3 fully saturated rings. The summed E-state index contributed by atoms with van der Waals surface area (Å²) in [5, 5.41) is 0. The molecule has 4 atom stereocenters. The summed E-state index contributed by atoms with van der Waals surface area (Å²) < 4.78 is 24.1. The van der Waals surface area contributed by atoms with Gasteiger partial charge in [-0.3, -0.25) is 14.5 Å². The van der Waals surface area contributed by atoms with Gasteiger partial charge in [0.1, 0.15) is 5.82 Å². The zero-order valence-electron chi connectivity index (χ0n) is 11.9. The summed E-state index contributed by atoms with van der Waals surface area (Å²) in [5.74, 6) is -1.90. The number of benzene rings is 1. The maximum Gasteiger partial charge on any atom is 0.415 e. The maximum absolute atomic E-state index is 14.4. The highest BCUT2D eigenvalue weighted by molar-refractivity contribution is 5.95. The summed E-state index contributed by atoms with van der Waals surface area (Å²) in [4.78, 5) is 35.5. The van der Waals surface area contributed by atoms with Crippen molar-refractivity contribution in [1.82, 2.24) is 0 Å². The first-order valence-corrected chi connectivity index (χ1v) is 7.21. The number of anilines is 1. The second-order valence-corrected chi connectivity index (χ2v) is 5.94. The molecule has 1 aliphatic carbocycles. The van der Waals surface area contributed by atoms with E-state index in [9.17, 15) is 18.8 Å². The average molecular weight is 320 g/mol. The van der Waals surface area contributed by atoms with E-state index in [1.54, 1.807) is 12.1 Å². The minimum atomic E-state index is -1.04. The van der Waals surface area contributed by atoms with E-state index in [0.717, 1.165) is 4.90 Å². The van der Waals surface area contributed by atoms with Gasteiger partial charge < -0.3 is 15.2 Å². The fourth-order valence-electron chi connectivity index (χ4n) is 3.38. The van der Waals surface area contributed by atoms with Crippen molar-refractivity contribution < 1.29 is 28.2 Å². The zero-order chi connectivity index (χ0) is 16.3. The number of hydrogen-bond acceptors (Lipinski definition) is 5. The van der Waals surface area contributed by atoms with Crippen molar-refractivity contribution in [1.29, 1.82) is 0 Å². The number of nitrogens with two attached hydrogens (primary N) is 1. The van der Waals surface area contributed by atoms with Crippen molar-refractivity contribution in [3.8, 4) is 0 Å². The van der Waals surface area contributed by atoms with Crippen LogP contribution in [0.15, 0.2) is 18.2 Å². The smallest absolute Gasteiger partial charge is 0.415 e. The van der Waals surface area contributed by atoms with E-state index < -0.39 is 23.9 Å². The fraction of sp³-hybridized carbons (Fsp3) is 0.400. The standard InChI is InChI=1S/C15H13FN2O5/c16-9-3-6(18-4-10(13(17)19)23-15(18)21)1-2-7(9)11-8-5-22-14(20)12(8)11/h1-3,8,10-12H,4-5H2,(H2,17,19). The molecule has 1 saturated carbocycles. The highest BCUT2D eigenvalue weighted by atomic mass is 19.1. The van der Waals surface area contributed by atoms with Crippen molar-refractivity contribution in [3.63, 3.8) is 0 Å². The van der Waals surface area contributed by atoms with Crippen molar-refractivity contribution in [2.75, 3.05) is 18.1 Å². The summed E-state index contributed by atoms with van der Waals surface area (Å²) in [5.41, 5.74) is 5.84. The number of amides is 2. The Hall–Kier alpha value is -2.64.